The highest BCUT2D eigenvalue weighted by molar-refractivity contribution is 7.47. The Morgan fingerprint density at radius 3 is 2.54 bits per heavy atom. The van der Waals surface area contributed by atoms with Crippen LogP contribution in [0.1, 0.15) is 5.56 Å². The number of rotatable bonds is 3. The third-order valence-corrected chi connectivity index (χ3v) is 2.54. The summed E-state index contributed by atoms with van der Waals surface area (Å²) in [6.45, 7) is 0. The number of hydrogen-bond donors (Lipinski definition) is 2. The second-order valence-electron chi connectivity index (χ2n) is 2.53. The van der Waals surface area contributed by atoms with E-state index in [4.69, 9.17) is 10.00 Å². The molecule has 1 rings (SSSR count). The Morgan fingerprint density at radius 2 is 2.00 bits per heavy atom. The van der Waals surface area contributed by atoms with E-state index < -0.39 is 14.0 Å². The Kier molecular flexibility index (Phi) is 3.23. The topological polar surface area (TPSA) is 74.6 Å². The van der Waals surface area contributed by atoms with E-state index in [-0.39, 0.29) is 11.7 Å². The first-order valence-electron chi connectivity index (χ1n) is 3.64. The fourth-order valence-electron chi connectivity index (χ4n) is 1.05. The van der Waals surface area contributed by atoms with Gasteiger partial charge in [0.05, 0.1) is 6.42 Å². The van der Waals surface area contributed by atoms with E-state index in [1.165, 1.54) is 6.07 Å². The van der Waals surface area contributed by atoms with Crippen molar-refractivity contribution in [2.24, 2.45) is 0 Å². The van der Waals surface area contributed by atoms with Gasteiger partial charge >= 0.3 is 5.97 Å². The van der Waals surface area contributed by atoms with Crippen LogP contribution in [0.5, 0.6) is 0 Å². The Hall–Kier alpha value is -1.12. The maximum atomic E-state index is 10.8. The quantitative estimate of drug-likeness (QED) is 0.693. The Bertz CT molecular complexity index is 348. The molecule has 0 spiro atoms. The van der Waals surface area contributed by atoms with Gasteiger partial charge in [0, 0.05) is 5.30 Å². The average Bonchev–Trinajstić information content (AvgIpc) is 2.03. The van der Waals surface area contributed by atoms with Crippen molar-refractivity contribution in [2.45, 2.75) is 6.42 Å². The first kappa shape index (κ1) is 9.96. The molecule has 5 heteroatoms. The Balaban J connectivity index is 3.04. The van der Waals surface area contributed by atoms with Crippen LogP contribution in [0.3, 0.4) is 0 Å². The van der Waals surface area contributed by atoms with Crippen LogP contribution in [0.15, 0.2) is 24.3 Å². The van der Waals surface area contributed by atoms with Gasteiger partial charge in [-0.15, -0.1) is 0 Å². The Labute approximate surface area is 75.7 Å². The molecule has 1 aromatic carbocycles. The van der Waals surface area contributed by atoms with Crippen LogP contribution in [0.25, 0.3) is 0 Å². The van der Waals surface area contributed by atoms with Gasteiger partial charge in [0.1, 0.15) is 0 Å². The van der Waals surface area contributed by atoms with Crippen LogP contribution < -0.4 is 5.30 Å². The van der Waals surface area contributed by atoms with E-state index in [9.17, 15) is 9.36 Å². The molecule has 4 nitrogen and oxygen atoms in total. The monoisotopic (exact) mass is 200 g/mol. The lowest BCUT2D eigenvalue weighted by Crippen LogP contribution is -2.10. The van der Waals surface area contributed by atoms with Crippen molar-refractivity contribution in [2.75, 3.05) is 0 Å². The van der Waals surface area contributed by atoms with Crippen LogP contribution >= 0.6 is 8.03 Å². The minimum atomic E-state index is -2.80. The van der Waals surface area contributed by atoms with E-state index >= 15 is 0 Å². The standard InChI is InChI=1S/C8H9O4P/c9-8(10)5-6-3-1-2-4-7(6)13(11)12/h1-4,13H,5H2,(H,9,10)(H,11,12). The summed E-state index contributed by atoms with van der Waals surface area (Å²) in [5, 5.41) is 8.73. The lowest BCUT2D eigenvalue weighted by atomic mass is 10.1. The molecule has 13 heavy (non-hydrogen) atoms. The maximum Gasteiger partial charge on any atom is 0.307 e. The van der Waals surface area contributed by atoms with Gasteiger partial charge in [0.15, 0.2) is 0 Å². The summed E-state index contributed by atoms with van der Waals surface area (Å²) in [6, 6.07) is 6.27. The van der Waals surface area contributed by atoms with Crippen LogP contribution in [0.4, 0.5) is 0 Å². The number of carbonyl (C=O) groups is 1. The normalized spacial score (nSPS) is 12.4. The highest BCUT2D eigenvalue weighted by Crippen LogP contribution is 2.16. The summed E-state index contributed by atoms with van der Waals surface area (Å²) in [5.74, 6) is -1.00. The molecule has 0 fully saturated rings. The summed E-state index contributed by atoms with van der Waals surface area (Å²) in [6.07, 6.45) is -0.215. The summed E-state index contributed by atoms with van der Waals surface area (Å²) in [4.78, 5) is 19.2. The fraction of sp³-hybridized carbons (Fsp3) is 0.125. The molecule has 0 saturated carbocycles. The van der Waals surface area contributed by atoms with Gasteiger partial charge in [-0.25, -0.2) is 0 Å². The highest BCUT2D eigenvalue weighted by atomic mass is 31.1. The third-order valence-electron chi connectivity index (χ3n) is 1.59. The van der Waals surface area contributed by atoms with Gasteiger partial charge < -0.3 is 10.00 Å². The molecule has 0 bridgehead atoms. The van der Waals surface area contributed by atoms with Crippen LogP contribution in [-0.2, 0) is 15.8 Å². The maximum absolute atomic E-state index is 10.8. The van der Waals surface area contributed by atoms with E-state index in [2.05, 4.69) is 0 Å². The minimum Gasteiger partial charge on any atom is -0.481 e. The molecule has 0 amide bonds. The summed E-state index contributed by atoms with van der Waals surface area (Å²) in [5.41, 5.74) is 0.404. The molecule has 0 heterocycles. The van der Waals surface area contributed by atoms with Crippen molar-refractivity contribution >= 4 is 19.3 Å². The molecular formula is C8H9O4P. The molecule has 0 radical (unpaired) electrons. The molecule has 0 aliphatic heterocycles. The van der Waals surface area contributed by atoms with Crippen molar-refractivity contribution in [3.8, 4) is 0 Å². The van der Waals surface area contributed by atoms with Crippen molar-refractivity contribution in [3.63, 3.8) is 0 Å². The van der Waals surface area contributed by atoms with E-state index in [1.54, 1.807) is 18.2 Å². The smallest absolute Gasteiger partial charge is 0.307 e. The van der Waals surface area contributed by atoms with Gasteiger partial charge in [-0.1, -0.05) is 18.2 Å². The van der Waals surface area contributed by atoms with Gasteiger partial charge in [-0.3, -0.25) is 9.36 Å². The van der Waals surface area contributed by atoms with Crippen LogP contribution in [0, 0.1) is 0 Å². The molecule has 0 aliphatic rings. The second-order valence-corrected chi connectivity index (χ2v) is 3.68. The molecule has 0 aromatic heterocycles. The molecular weight excluding hydrogens is 191 g/mol. The summed E-state index contributed by atoms with van der Waals surface area (Å²) < 4.78 is 10.8. The molecule has 70 valence electrons. The highest BCUT2D eigenvalue weighted by Gasteiger charge is 2.08. The zero-order chi connectivity index (χ0) is 9.84. The number of benzene rings is 1. The van der Waals surface area contributed by atoms with E-state index in [0.29, 0.717) is 5.56 Å². The predicted molar refractivity (Wildman–Crippen MR) is 48.6 cm³/mol. The molecule has 1 unspecified atom stereocenters. The molecule has 2 N–H and O–H groups in total. The van der Waals surface area contributed by atoms with Crippen molar-refractivity contribution < 1.29 is 19.4 Å². The van der Waals surface area contributed by atoms with Gasteiger partial charge in [-0.2, -0.15) is 0 Å². The van der Waals surface area contributed by atoms with Crippen molar-refractivity contribution in [1.29, 1.82) is 0 Å². The van der Waals surface area contributed by atoms with Crippen molar-refractivity contribution in [3.05, 3.63) is 29.8 Å². The van der Waals surface area contributed by atoms with E-state index in [1.807, 2.05) is 0 Å². The number of hydrogen-bond acceptors (Lipinski definition) is 2. The lowest BCUT2D eigenvalue weighted by molar-refractivity contribution is -0.136. The van der Waals surface area contributed by atoms with Crippen LogP contribution in [-0.4, -0.2) is 16.0 Å². The fourth-order valence-corrected chi connectivity index (χ4v) is 1.73. The van der Waals surface area contributed by atoms with Gasteiger partial charge in [0.2, 0.25) is 8.03 Å². The Morgan fingerprint density at radius 1 is 1.38 bits per heavy atom. The van der Waals surface area contributed by atoms with Crippen LogP contribution in [0.2, 0.25) is 0 Å². The SMILES string of the molecule is O=C(O)Cc1ccccc1[PH](=O)O. The number of aliphatic carboxylic acids is 1. The van der Waals surface area contributed by atoms with E-state index in [0.717, 1.165) is 0 Å². The third kappa shape index (κ3) is 2.68. The first-order valence-corrected chi connectivity index (χ1v) is 5.00. The molecule has 0 saturated heterocycles. The second kappa shape index (κ2) is 4.21. The summed E-state index contributed by atoms with van der Waals surface area (Å²) >= 11 is 0. The predicted octanol–water partition coefficient (Wildman–Crippen LogP) is 0.406. The van der Waals surface area contributed by atoms with Gasteiger partial charge in [0.25, 0.3) is 0 Å². The number of carboxylic acids is 1. The number of carboxylic acid groups (broad SMARTS) is 1. The minimum absolute atomic E-state index is 0.215. The first-order chi connectivity index (χ1) is 6.11. The molecule has 1 aromatic rings. The molecule has 1 atom stereocenters. The molecule has 0 aliphatic carbocycles. The largest absolute Gasteiger partial charge is 0.481 e. The van der Waals surface area contributed by atoms with Crippen molar-refractivity contribution in [1.82, 2.24) is 0 Å². The van der Waals surface area contributed by atoms with Gasteiger partial charge in [-0.05, 0) is 11.6 Å². The zero-order valence-corrected chi connectivity index (χ0v) is 7.73. The summed E-state index contributed by atoms with van der Waals surface area (Å²) in [7, 11) is -2.80. The zero-order valence-electron chi connectivity index (χ0n) is 6.73. The average molecular weight is 200 g/mol. The lowest BCUT2D eigenvalue weighted by Gasteiger charge is -2.02.